The van der Waals surface area contributed by atoms with Crippen LogP contribution in [0.15, 0.2) is 194 Å². The molecule has 4 heteroatoms. The first-order valence-electron chi connectivity index (χ1n) is 17.1. The van der Waals surface area contributed by atoms with Crippen molar-refractivity contribution in [1.29, 1.82) is 10.5 Å². The molecule has 0 atom stereocenters. The average Bonchev–Trinajstić information content (AvgIpc) is 3.22. The van der Waals surface area contributed by atoms with Crippen molar-refractivity contribution < 1.29 is 0 Å². The minimum absolute atomic E-state index is 0.568. The highest BCUT2D eigenvalue weighted by molar-refractivity contribution is 5.92. The van der Waals surface area contributed by atoms with Crippen LogP contribution in [-0.4, -0.2) is 0 Å². The summed E-state index contributed by atoms with van der Waals surface area (Å²) < 4.78 is 0. The third-order valence-electron chi connectivity index (χ3n) is 8.73. The van der Waals surface area contributed by atoms with Crippen molar-refractivity contribution in [2.24, 2.45) is 0 Å². The maximum atomic E-state index is 10.1. The molecule has 0 spiro atoms. The van der Waals surface area contributed by atoms with E-state index < -0.39 is 0 Å². The van der Waals surface area contributed by atoms with E-state index in [1.54, 1.807) is 0 Å². The van der Waals surface area contributed by atoms with E-state index in [4.69, 9.17) is 0 Å². The Morgan fingerprint density at radius 2 is 0.577 bits per heavy atom. The van der Waals surface area contributed by atoms with E-state index in [2.05, 4.69) is 70.5 Å². The molecule has 52 heavy (non-hydrogen) atoms. The van der Waals surface area contributed by atoms with Gasteiger partial charge in [-0.05, 0) is 107 Å². The summed E-state index contributed by atoms with van der Waals surface area (Å²) in [5.41, 5.74) is 10.8. The second-order valence-electron chi connectivity index (χ2n) is 12.1. The zero-order chi connectivity index (χ0) is 35.5. The van der Waals surface area contributed by atoms with E-state index in [1.807, 2.05) is 158 Å². The number of nitriles is 2. The lowest BCUT2D eigenvalue weighted by Crippen LogP contribution is -2.09. The molecule has 0 aliphatic carbocycles. The Kier molecular flexibility index (Phi) is 10.1. The molecule has 7 aromatic rings. The van der Waals surface area contributed by atoms with Gasteiger partial charge in [0.15, 0.2) is 0 Å². The van der Waals surface area contributed by atoms with Crippen molar-refractivity contribution in [2.75, 3.05) is 9.80 Å². The van der Waals surface area contributed by atoms with Crippen LogP contribution < -0.4 is 9.80 Å². The van der Waals surface area contributed by atoms with Gasteiger partial charge in [0.2, 0.25) is 0 Å². The lowest BCUT2D eigenvalue weighted by molar-refractivity contribution is 1.28. The van der Waals surface area contributed by atoms with Crippen molar-refractivity contribution >= 4 is 57.4 Å². The Morgan fingerprint density at radius 1 is 0.327 bits per heavy atom. The highest BCUT2D eigenvalue weighted by Gasteiger charge is 2.14. The molecule has 246 valence electrons. The number of hydrogen-bond donors (Lipinski definition) is 0. The number of nitrogens with zero attached hydrogens (tertiary/aromatic N) is 4. The van der Waals surface area contributed by atoms with E-state index in [-0.39, 0.29) is 0 Å². The molecule has 0 unspecified atom stereocenters. The summed E-state index contributed by atoms with van der Waals surface area (Å²) in [6, 6.07) is 69.8. The molecule has 4 nitrogen and oxygen atoms in total. The van der Waals surface area contributed by atoms with E-state index in [0.717, 1.165) is 56.4 Å². The molecule has 0 saturated heterocycles. The van der Waals surface area contributed by atoms with Gasteiger partial charge < -0.3 is 9.80 Å². The van der Waals surface area contributed by atoms with Crippen LogP contribution in [0.4, 0.5) is 34.1 Å². The first kappa shape index (κ1) is 33.1. The zero-order valence-electron chi connectivity index (χ0n) is 28.4. The van der Waals surface area contributed by atoms with Gasteiger partial charge in [-0.2, -0.15) is 10.5 Å². The normalized spacial score (nSPS) is 11.3. The molecule has 0 fully saturated rings. The quantitative estimate of drug-likeness (QED) is 0.108. The van der Waals surface area contributed by atoms with Gasteiger partial charge in [-0.25, -0.2) is 0 Å². The molecule has 7 rings (SSSR count). The van der Waals surface area contributed by atoms with Crippen LogP contribution in [0.3, 0.4) is 0 Å². The van der Waals surface area contributed by atoms with Gasteiger partial charge in [-0.15, -0.1) is 0 Å². The topological polar surface area (TPSA) is 54.1 Å². The van der Waals surface area contributed by atoms with Crippen molar-refractivity contribution in [3.8, 4) is 12.1 Å². The summed E-state index contributed by atoms with van der Waals surface area (Å²) in [7, 11) is 0. The molecule has 0 N–H and O–H groups in total. The summed E-state index contributed by atoms with van der Waals surface area (Å²) in [6.45, 7) is 0. The van der Waals surface area contributed by atoms with Gasteiger partial charge >= 0.3 is 0 Å². The summed E-state index contributed by atoms with van der Waals surface area (Å²) in [5.74, 6) is 0. The van der Waals surface area contributed by atoms with Gasteiger partial charge in [-0.3, -0.25) is 0 Å². The number of benzene rings is 7. The number of allylic oxidation sites excluding steroid dienone is 2. The third-order valence-corrected chi connectivity index (χ3v) is 8.73. The number of para-hydroxylation sites is 4. The van der Waals surface area contributed by atoms with Gasteiger partial charge in [0.05, 0.1) is 23.3 Å². The Balaban J connectivity index is 1.10. The fraction of sp³-hybridized carbons (Fsp3) is 0. The molecular formula is C48H34N4. The Labute approximate surface area is 305 Å². The monoisotopic (exact) mass is 666 g/mol. The fourth-order valence-electron chi connectivity index (χ4n) is 6.16. The second-order valence-corrected chi connectivity index (χ2v) is 12.1. The zero-order valence-corrected chi connectivity index (χ0v) is 28.4. The summed E-state index contributed by atoms with van der Waals surface area (Å²) in [5, 5.41) is 20.2. The Bertz CT molecular complexity index is 2120. The van der Waals surface area contributed by atoms with E-state index in [0.29, 0.717) is 11.1 Å². The molecule has 0 amide bonds. The molecule has 0 radical (unpaired) electrons. The van der Waals surface area contributed by atoms with Gasteiger partial charge in [-0.1, -0.05) is 121 Å². The van der Waals surface area contributed by atoms with Crippen molar-refractivity contribution in [2.45, 2.75) is 0 Å². The van der Waals surface area contributed by atoms with Crippen molar-refractivity contribution in [3.63, 3.8) is 0 Å². The number of rotatable bonds is 10. The SMILES string of the molecule is N#CC(=Cc1ccc(C=C(C#N)c2ccc(N(c3ccccc3)c3ccccc3)cc2)cc1)c1ccc(N(c2ccccc2)c2ccccc2)cc1. The number of anilines is 6. The van der Waals surface area contributed by atoms with Crippen LogP contribution in [-0.2, 0) is 0 Å². The molecule has 0 aliphatic rings. The van der Waals surface area contributed by atoms with E-state index in [1.165, 1.54) is 0 Å². The Hall–Kier alpha value is -7.40. The lowest BCUT2D eigenvalue weighted by atomic mass is 10.0. The van der Waals surface area contributed by atoms with Crippen LogP contribution in [0.5, 0.6) is 0 Å². The minimum atomic E-state index is 0.568. The smallest absolute Gasteiger partial charge is 0.0998 e. The maximum absolute atomic E-state index is 10.1. The van der Waals surface area contributed by atoms with Crippen LogP contribution in [0.2, 0.25) is 0 Å². The highest BCUT2D eigenvalue weighted by atomic mass is 15.1. The number of hydrogen-bond acceptors (Lipinski definition) is 4. The lowest BCUT2D eigenvalue weighted by Gasteiger charge is -2.25. The standard InChI is InChI=1S/C48H34N4/c49-35-41(39-25-29-47(30-26-39)51(43-13-5-1-6-14-43)44-15-7-2-8-16-44)33-37-21-23-38(24-22-37)34-42(36-50)40-27-31-48(32-28-40)52(45-17-9-3-10-18-45)46-19-11-4-12-20-46/h1-34H. The van der Waals surface area contributed by atoms with Crippen LogP contribution in [0, 0.1) is 22.7 Å². The summed E-state index contributed by atoms with van der Waals surface area (Å²) >= 11 is 0. The molecule has 0 heterocycles. The molecule has 7 aromatic carbocycles. The average molecular weight is 667 g/mol. The van der Waals surface area contributed by atoms with Gasteiger partial charge in [0.1, 0.15) is 0 Å². The van der Waals surface area contributed by atoms with Gasteiger partial charge in [0, 0.05) is 34.1 Å². The maximum Gasteiger partial charge on any atom is 0.0998 e. The molecule has 0 saturated carbocycles. The largest absolute Gasteiger partial charge is 0.311 e. The first-order valence-corrected chi connectivity index (χ1v) is 17.1. The van der Waals surface area contributed by atoms with Crippen LogP contribution in [0.25, 0.3) is 23.3 Å². The first-order chi connectivity index (χ1) is 25.7. The molecular weight excluding hydrogens is 633 g/mol. The van der Waals surface area contributed by atoms with Gasteiger partial charge in [0.25, 0.3) is 0 Å². The van der Waals surface area contributed by atoms with E-state index >= 15 is 0 Å². The predicted molar refractivity (Wildman–Crippen MR) is 216 cm³/mol. The summed E-state index contributed by atoms with van der Waals surface area (Å²) in [6.07, 6.45) is 3.79. The fourth-order valence-corrected chi connectivity index (χ4v) is 6.16. The molecule has 0 aromatic heterocycles. The second kappa shape index (κ2) is 15.9. The van der Waals surface area contributed by atoms with Crippen molar-refractivity contribution in [3.05, 3.63) is 216 Å². The van der Waals surface area contributed by atoms with Crippen LogP contribution >= 0.6 is 0 Å². The highest BCUT2D eigenvalue weighted by Crippen LogP contribution is 2.36. The minimum Gasteiger partial charge on any atom is -0.311 e. The summed E-state index contributed by atoms with van der Waals surface area (Å²) in [4.78, 5) is 4.39. The van der Waals surface area contributed by atoms with E-state index in [9.17, 15) is 10.5 Å². The third kappa shape index (κ3) is 7.58. The van der Waals surface area contributed by atoms with Crippen molar-refractivity contribution in [1.82, 2.24) is 0 Å². The Morgan fingerprint density at radius 3 is 0.827 bits per heavy atom. The predicted octanol–water partition coefficient (Wildman–Crippen LogP) is 12.8. The molecule has 0 aliphatic heterocycles. The molecule has 0 bridgehead atoms. The van der Waals surface area contributed by atoms with Crippen LogP contribution in [0.1, 0.15) is 22.3 Å².